The third-order valence-corrected chi connectivity index (χ3v) is 1.83. The Morgan fingerprint density at radius 2 is 2.33 bits per heavy atom. The smallest absolute Gasteiger partial charge is 0.290 e. The van der Waals surface area contributed by atoms with Crippen LogP contribution in [0.2, 0.25) is 0 Å². The van der Waals surface area contributed by atoms with Gasteiger partial charge in [0.1, 0.15) is 11.5 Å². The minimum Gasteiger partial charge on any atom is -0.392 e. The average molecular weight is 211 g/mol. The van der Waals surface area contributed by atoms with Crippen molar-refractivity contribution in [2.75, 3.05) is 11.9 Å². The number of nitrogens with one attached hydrogen (secondary N) is 1. The second kappa shape index (κ2) is 4.70. The van der Waals surface area contributed by atoms with Gasteiger partial charge in [-0.05, 0) is 19.9 Å². The number of aryl methyl sites for hydroxylation is 1. The van der Waals surface area contributed by atoms with E-state index >= 15 is 0 Å². The van der Waals surface area contributed by atoms with Gasteiger partial charge in [0, 0.05) is 12.6 Å². The van der Waals surface area contributed by atoms with E-state index in [9.17, 15) is 10.1 Å². The molecule has 1 aromatic rings. The average Bonchev–Trinajstić information content (AvgIpc) is 2.14. The van der Waals surface area contributed by atoms with Crippen molar-refractivity contribution in [3.8, 4) is 0 Å². The first-order valence-electron chi connectivity index (χ1n) is 4.54. The van der Waals surface area contributed by atoms with Crippen molar-refractivity contribution in [2.24, 2.45) is 0 Å². The van der Waals surface area contributed by atoms with Crippen LogP contribution in [0.25, 0.3) is 0 Å². The molecule has 0 spiro atoms. The highest BCUT2D eigenvalue weighted by Crippen LogP contribution is 2.17. The Bertz CT molecular complexity index is 366. The van der Waals surface area contributed by atoms with Gasteiger partial charge in [-0.1, -0.05) is 0 Å². The maximum absolute atomic E-state index is 10.5. The lowest BCUT2D eigenvalue weighted by Crippen LogP contribution is -2.16. The van der Waals surface area contributed by atoms with Crippen LogP contribution < -0.4 is 5.32 Å². The standard InChI is InChI=1S/C9H13N3O3/c1-6(13)5-10-9-4-3-8(12(14)15)7(2)11-9/h3-4,6,13H,5H2,1-2H3,(H,10,11). The fourth-order valence-electron chi connectivity index (χ4n) is 1.10. The predicted molar refractivity (Wildman–Crippen MR) is 55.8 cm³/mol. The number of hydrogen-bond donors (Lipinski definition) is 2. The molecule has 0 aliphatic carbocycles. The highest BCUT2D eigenvalue weighted by Gasteiger charge is 2.11. The molecule has 2 N–H and O–H groups in total. The number of anilines is 1. The van der Waals surface area contributed by atoms with Gasteiger partial charge in [0.15, 0.2) is 0 Å². The van der Waals surface area contributed by atoms with Gasteiger partial charge in [0.05, 0.1) is 11.0 Å². The molecule has 1 aromatic heterocycles. The van der Waals surface area contributed by atoms with Crippen LogP contribution >= 0.6 is 0 Å². The molecule has 1 unspecified atom stereocenters. The van der Waals surface area contributed by atoms with Gasteiger partial charge in [0.25, 0.3) is 5.69 Å². The molecule has 0 radical (unpaired) electrons. The second-order valence-electron chi connectivity index (χ2n) is 3.29. The quantitative estimate of drug-likeness (QED) is 0.575. The summed E-state index contributed by atoms with van der Waals surface area (Å²) < 4.78 is 0. The molecule has 15 heavy (non-hydrogen) atoms. The highest BCUT2D eigenvalue weighted by molar-refractivity contribution is 5.44. The lowest BCUT2D eigenvalue weighted by atomic mass is 10.3. The Labute approximate surface area is 87.1 Å². The first-order chi connectivity index (χ1) is 7.00. The van der Waals surface area contributed by atoms with E-state index in [1.165, 1.54) is 12.1 Å². The normalized spacial score (nSPS) is 12.2. The zero-order chi connectivity index (χ0) is 11.4. The zero-order valence-electron chi connectivity index (χ0n) is 8.60. The lowest BCUT2D eigenvalue weighted by molar-refractivity contribution is -0.385. The summed E-state index contributed by atoms with van der Waals surface area (Å²) in [5, 5.41) is 22.4. The molecule has 1 heterocycles. The van der Waals surface area contributed by atoms with Crippen LogP contribution in [-0.2, 0) is 0 Å². The van der Waals surface area contributed by atoms with Crippen molar-refractivity contribution >= 4 is 11.5 Å². The largest absolute Gasteiger partial charge is 0.392 e. The Morgan fingerprint density at radius 1 is 1.67 bits per heavy atom. The number of hydrogen-bond acceptors (Lipinski definition) is 5. The van der Waals surface area contributed by atoms with E-state index in [0.717, 1.165) is 0 Å². The van der Waals surface area contributed by atoms with E-state index in [2.05, 4.69) is 10.3 Å². The summed E-state index contributed by atoms with van der Waals surface area (Å²) in [6.07, 6.45) is -0.484. The molecule has 0 bridgehead atoms. The van der Waals surface area contributed by atoms with Crippen LogP contribution in [0.5, 0.6) is 0 Å². The van der Waals surface area contributed by atoms with Gasteiger partial charge in [-0.2, -0.15) is 0 Å². The minimum atomic E-state index is -0.484. The summed E-state index contributed by atoms with van der Waals surface area (Å²) in [6.45, 7) is 3.58. The second-order valence-corrected chi connectivity index (χ2v) is 3.29. The van der Waals surface area contributed by atoms with Crippen molar-refractivity contribution in [3.63, 3.8) is 0 Å². The van der Waals surface area contributed by atoms with Gasteiger partial charge in [-0.3, -0.25) is 10.1 Å². The van der Waals surface area contributed by atoms with Crippen LogP contribution in [0.1, 0.15) is 12.6 Å². The van der Waals surface area contributed by atoms with Gasteiger partial charge >= 0.3 is 0 Å². The Balaban J connectivity index is 2.78. The van der Waals surface area contributed by atoms with Crippen molar-refractivity contribution in [3.05, 3.63) is 27.9 Å². The number of aromatic nitrogens is 1. The Kier molecular flexibility index (Phi) is 3.56. The van der Waals surface area contributed by atoms with Gasteiger partial charge < -0.3 is 10.4 Å². The van der Waals surface area contributed by atoms with E-state index in [1.54, 1.807) is 13.8 Å². The molecule has 1 atom stereocenters. The van der Waals surface area contributed by atoms with Crippen LogP contribution in [0.4, 0.5) is 11.5 Å². The summed E-state index contributed by atoms with van der Waals surface area (Å²) >= 11 is 0. The maximum atomic E-state index is 10.5. The minimum absolute atomic E-state index is 0.00223. The summed E-state index contributed by atoms with van der Waals surface area (Å²) in [7, 11) is 0. The summed E-state index contributed by atoms with van der Waals surface area (Å²) in [5.41, 5.74) is 0.355. The molecule has 1 rings (SSSR count). The number of rotatable bonds is 4. The molecule has 0 saturated carbocycles. The molecule has 82 valence electrons. The van der Waals surface area contributed by atoms with Crippen molar-refractivity contribution in [1.82, 2.24) is 4.98 Å². The van der Waals surface area contributed by atoms with Crippen LogP contribution in [-0.4, -0.2) is 27.7 Å². The molecular formula is C9H13N3O3. The fourth-order valence-corrected chi connectivity index (χ4v) is 1.10. The van der Waals surface area contributed by atoms with Crippen LogP contribution in [0.3, 0.4) is 0 Å². The Hall–Kier alpha value is -1.69. The molecule has 0 aliphatic rings. The fraction of sp³-hybridized carbons (Fsp3) is 0.444. The predicted octanol–water partition coefficient (Wildman–Crippen LogP) is 1.09. The van der Waals surface area contributed by atoms with Gasteiger partial charge in [-0.15, -0.1) is 0 Å². The topological polar surface area (TPSA) is 88.3 Å². The van der Waals surface area contributed by atoms with E-state index in [-0.39, 0.29) is 5.69 Å². The molecule has 6 heteroatoms. The van der Waals surface area contributed by atoms with Crippen molar-refractivity contribution < 1.29 is 10.0 Å². The first-order valence-corrected chi connectivity index (χ1v) is 4.54. The number of aliphatic hydroxyl groups is 1. The van der Waals surface area contributed by atoms with E-state index in [0.29, 0.717) is 18.1 Å². The monoisotopic (exact) mass is 211 g/mol. The van der Waals surface area contributed by atoms with Gasteiger partial charge in [-0.25, -0.2) is 4.98 Å². The highest BCUT2D eigenvalue weighted by atomic mass is 16.6. The molecule has 0 saturated heterocycles. The third-order valence-electron chi connectivity index (χ3n) is 1.83. The van der Waals surface area contributed by atoms with E-state index in [1.807, 2.05) is 0 Å². The Morgan fingerprint density at radius 3 is 2.80 bits per heavy atom. The molecule has 0 aromatic carbocycles. The maximum Gasteiger partial charge on any atom is 0.290 e. The van der Waals surface area contributed by atoms with E-state index in [4.69, 9.17) is 5.11 Å². The molecule has 0 aliphatic heterocycles. The van der Waals surface area contributed by atoms with Crippen LogP contribution in [0, 0.1) is 17.0 Å². The summed E-state index contributed by atoms with van der Waals surface area (Å²) in [4.78, 5) is 14.0. The third kappa shape index (κ3) is 3.17. The zero-order valence-corrected chi connectivity index (χ0v) is 8.60. The number of nitro groups is 1. The van der Waals surface area contributed by atoms with Crippen molar-refractivity contribution in [1.29, 1.82) is 0 Å². The number of nitrogens with zero attached hydrogens (tertiary/aromatic N) is 2. The molecule has 6 nitrogen and oxygen atoms in total. The van der Waals surface area contributed by atoms with Crippen molar-refractivity contribution in [2.45, 2.75) is 20.0 Å². The number of aliphatic hydroxyl groups excluding tert-OH is 1. The molecular weight excluding hydrogens is 198 g/mol. The van der Waals surface area contributed by atoms with Gasteiger partial charge in [0.2, 0.25) is 0 Å². The lowest BCUT2D eigenvalue weighted by Gasteiger charge is -2.07. The van der Waals surface area contributed by atoms with E-state index < -0.39 is 11.0 Å². The van der Waals surface area contributed by atoms with Crippen LogP contribution in [0.15, 0.2) is 12.1 Å². The number of pyridine rings is 1. The molecule has 0 fully saturated rings. The molecule has 0 amide bonds. The SMILES string of the molecule is Cc1nc(NCC(C)O)ccc1[N+](=O)[O-]. The first kappa shape index (κ1) is 11.4. The summed E-state index contributed by atoms with van der Waals surface area (Å²) in [5.74, 6) is 0.527. The summed E-state index contributed by atoms with van der Waals surface area (Å²) in [6, 6.07) is 2.92.